The molecule has 1 aromatic rings. The highest BCUT2D eigenvalue weighted by Crippen LogP contribution is 2.19. The number of carbonyl (C=O) groups excluding carboxylic acids is 1. The first-order valence-electron chi connectivity index (χ1n) is 5.29. The Bertz CT molecular complexity index is 383. The van der Waals surface area contributed by atoms with Gasteiger partial charge in [0, 0.05) is 16.5 Å². The molecule has 3 N–H and O–H groups in total. The van der Waals surface area contributed by atoms with Crippen molar-refractivity contribution in [2.45, 2.75) is 18.2 Å². The van der Waals surface area contributed by atoms with E-state index in [1.807, 2.05) is 31.2 Å². The van der Waals surface area contributed by atoms with Gasteiger partial charge in [-0.15, -0.1) is 0 Å². The fourth-order valence-corrected chi connectivity index (χ4v) is 2.57. The number of nitrogens with one attached hydrogen (secondary N) is 1. The molecular formula is C12H17ClN2OS. The highest BCUT2D eigenvalue weighted by atomic mass is 35.5. The summed E-state index contributed by atoms with van der Waals surface area (Å²) in [4.78, 5) is 11.3. The van der Waals surface area contributed by atoms with Crippen LogP contribution in [-0.4, -0.2) is 24.2 Å². The molecule has 0 heterocycles. The zero-order valence-corrected chi connectivity index (χ0v) is 11.6. The minimum Gasteiger partial charge on any atom is -0.368 e. The lowest BCUT2D eigenvalue weighted by atomic mass is 10.1. The summed E-state index contributed by atoms with van der Waals surface area (Å²) < 4.78 is 0. The third kappa shape index (κ3) is 4.22. The van der Waals surface area contributed by atoms with Crippen LogP contribution in [0.4, 0.5) is 0 Å². The Balaban J connectivity index is 2.47. The van der Waals surface area contributed by atoms with Crippen LogP contribution >= 0.6 is 23.4 Å². The molecule has 1 amide bonds. The number of amides is 1. The third-order valence-electron chi connectivity index (χ3n) is 2.67. The van der Waals surface area contributed by atoms with Crippen molar-refractivity contribution in [2.75, 3.05) is 12.8 Å². The van der Waals surface area contributed by atoms with Crippen LogP contribution in [0.2, 0.25) is 5.02 Å². The van der Waals surface area contributed by atoms with Crippen LogP contribution in [0.25, 0.3) is 0 Å². The summed E-state index contributed by atoms with van der Waals surface area (Å²) >= 11 is 7.47. The van der Waals surface area contributed by atoms with Gasteiger partial charge in [0.15, 0.2) is 0 Å². The quantitative estimate of drug-likeness (QED) is 0.833. The predicted octanol–water partition coefficient (Wildman–Crippen LogP) is 2.04. The van der Waals surface area contributed by atoms with Gasteiger partial charge < -0.3 is 11.1 Å². The van der Waals surface area contributed by atoms with E-state index in [2.05, 4.69) is 5.32 Å². The molecule has 0 spiro atoms. The van der Waals surface area contributed by atoms with Crippen molar-refractivity contribution in [1.82, 2.24) is 5.32 Å². The smallest absolute Gasteiger partial charge is 0.238 e. The Morgan fingerprint density at radius 3 is 2.53 bits per heavy atom. The molecule has 1 aromatic carbocycles. The zero-order valence-electron chi connectivity index (χ0n) is 10.00. The van der Waals surface area contributed by atoms with Gasteiger partial charge in [-0.3, -0.25) is 4.79 Å². The van der Waals surface area contributed by atoms with E-state index in [9.17, 15) is 4.79 Å². The topological polar surface area (TPSA) is 55.1 Å². The molecule has 0 fully saturated rings. The zero-order chi connectivity index (χ0) is 12.9. The van der Waals surface area contributed by atoms with Crippen molar-refractivity contribution in [3.05, 3.63) is 34.9 Å². The molecule has 0 aromatic heterocycles. The summed E-state index contributed by atoms with van der Waals surface area (Å²) in [6.07, 6.45) is 0. The summed E-state index contributed by atoms with van der Waals surface area (Å²) in [6.45, 7) is 1.81. The Morgan fingerprint density at radius 2 is 2.06 bits per heavy atom. The van der Waals surface area contributed by atoms with Crippen molar-refractivity contribution in [1.29, 1.82) is 0 Å². The van der Waals surface area contributed by atoms with Gasteiger partial charge in [-0.25, -0.2) is 0 Å². The second kappa shape index (κ2) is 6.28. The first-order chi connectivity index (χ1) is 7.98. The SMILES string of the molecule is CNC(C)(CSCc1ccc(Cl)cc1)C(N)=O. The number of thioether (sulfide) groups is 1. The van der Waals surface area contributed by atoms with Crippen LogP contribution in [0.5, 0.6) is 0 Å². The molecule has 1 atom stereocenters. The summed E-state index contributed by atoms with van der Waals surface area (Å²) in [5.41, 5.74) is 5.88. The highest BCUT2D eigenvalue weighted by Gasteiger charge is 2.28. The Hall–Kier alpha value is -0.710. The minimum absolute atomic E-state index is 0.330. The van der Waals surface area contributed by atoms with Crippen LogP contribution in [-0.2, 0) is 10.5 Å². The first-order valence-corrected chi connectivity index (χ1v) is 6.82. The van der Waals surface area contributed by atoms with E-state index in [-0.39, 0.29) is 5.91 Å². The van der Waals surface area contributed by atoms with Crippen LogP contribution in [0.1, 0.15) is 12.5 Å². The van der Waals surface area contributed by atoms with Gasteiger partial charge >= 0.3 is 0 Å². The Labute approximate surface area is 111 Å². The molecule has 0 aliphatic heterocycles. The molecule has 17 heavy (non-hydrogen) atoms. The molecule has 94 valence electrons. The fourth-order valence-electron chi connectivity index (χ4n) is 1.22. The number of likely N-dealkylation sites (N-methyl/N-ethyl adjacent to an activating group) is 1. The summed E-state index contributed by atoms with van der Waals surface area (Å²) in [6, 6.07) is 7.69. The fraction of sp³-hybridized carbons (Fsp3) is 0.417. The molecular weight excluding hydrogens is 256 g/mol. The van der Waals surface area contributed by atoms with E-state index < -0.39 is 5.54 Å². The number of nitrogens with two attached hydrogens (primary N) is 1. The van der Waals surface area contributed by atoms with Gasteiger partial charge in [-0.1, -0.05) is 23.7 Å². The molecule has 0 saturated heterocycles. The maximum Gasteiger partial charge on any atom is 0.238 e. The normalized spacial score (nSPS) is 14.3. The lowest BCUT2D eigenvalue weighted by Gasteiger charge is -2.24. The van der Waals surface area contributed by atoms with Crippen LogP contribution in [0.15, 0.2) is 24.3 Å². The van der Waals surface area contributed by atoms with Gasteiger partial charge in [-0.2, -0.15) is 11.8 Å². The van der Waals surface area contributed by atoms with Gasteiger partial charge in [0.05, 0.1) is 0 Å². The van der Waals surface area contributed by atoms with Gasteiger partial charge in [0.1, 0.15) is 5.54 Å². The number of benzene rings is 1. The number of halogens is 1. The van der Waals surface area contributed by atoms with Crippen LogP contribution in [0.3, 0.4) is 0 Å². The molecule has 1 rings (SSSR count). The van der Waals surface area contributed by atoms with Gasteiger partial charge in [0.25, 0.3) is 0 Å². The molecule has 0 saturated carbocycles. The molecule has 0 radical (unpaired) electrons. The minimum atomic E-state index is -0.656. The highest BCUT2D eigenvalue weighted by molar-refractivity contribution is 7.98. The van der Waals surface area contributed by atoms with E-state index in [0.29, 0.717) is 5.75 Å². The van der Waals surface area contributed by atoms with E-state index >= 15 is 0 Å². The lowest BCUT2D eigenvalue weighted by molar-refractivity contribution is -0.122. The van der Waals surface area contributed by atoms with Crippen molar-refractivity contribution in [3.63, 3.8) is 0 Å². The maximum atomic E-state index is 11.3. The first kappa shape index (κ1) is 14.4. The average molecular weight is 273 g/mol. The van der Waals surface area contributed by atoms with E-state index in [1.165, 1.54) is 5.56 Å². The largest absolute Gasteiger partial charge is 0.368 e. The number of rotatable bonds is 6. The lowest BCUT2D eigenvalue weighted by Crippen LogP contribution is -2.53. The molecule has 0 bridgehead atoms. The molecule has 0 aliphatic rings. The van der Waals surface area contributed by atoms with E-state index in [1.54, 1.807) is 18.8 Å². The number of hydrogen-bond donors (Lipinski definition) is 2. The van der Waals surface area contributed by atoms with Crippen molar-refractivity contribution in [2.24, 2.45) is 5.73 Å². The Kier molecular flexibility index (Phi) is 5.31. The van der Waals surface area contributed by atoms with Crippen LogP contribution < -0.4 is 11.1 Å². The van der Waals surface area contributed by atoms with E-state index in [0.717, 1.165) is 10.8 Å². The number of carbonyl (C=O) groups is 1. The van der Waals surface area contributed by atoms with E-state index in [4.69, 9.17) is 17.3 Å². The standard InChI is InChI=1S/C12H17ClN2OS/c1-12(15-2,11(14)16)8-17-7-9-3-5-10(13)6-4-9/h3-6,15H,7-8H2,1-2H3,(H2,14,16). The molecule has 0 aliphatic carbocycles. The molecule has 1 unspecified atom stereocenters. The average Bonchev–Trinajstić information content (AvgIpc) is 2.31. The number of primary amides is 1. The van der Waals surface area contributed by atoms with Gasteiger partial charge in [-0.05, 0) is 31.7 Å². The van der Waals surface area contributed by atoms with Crippen LogP contribution in [0, 0.1) is 0 Å². The molecule has 5 heteroatoms. The van der Waals surface area contributed by atoms with Crippen molar-refractivity contribution in [3.8, 4) is 0 Å². The molecule has 3 nitrogen and oxygen atoms in total. The second-order valence-electron chi connectivity index (χ2n) is 4.07. The van der Waals surface area contributed by atoms with Crippen molar-refractivity contribution < 1.29 is 4.79 Å². The summed E-state index contributed by atoms with van der Waals surface area (Å²) in [5, 5.41) is 3.69. The Morgan fingerprint density at radius 1 is 1.47 bits per heavy atom. The predicted molar refractivity (Wildman–Crippen MR) is 74.3 cm³/mol. The summed E-state index contributed by atoms with van der Waals surface area (Å²) in [5.74, 6) is 1.15. The number of hydrogen-bond acceptors (Lipinski definition) is 3. The summed E-state index contributed by atoms with van der Waals surface area (Å²) in [7, 11) is 1.74. The third-order valence-corrected chi connectivity index (χ3v) is 4.24. The second-order valence-corrected chi connectivity index (χ2v) is 5.49. The van der Waals surface area contributed by atoms with Gasteiger partial charge in [0.2, 0.25) is 5.91 Å². The monoisotopic (exact) mass is 272 g/mol. The maximum absolute atomic E-state index is 11.3. The van der Waals surface area contributed by atoms with Crippen molar-refractivity contribution >= 4 is 29.3 Å².